The van der Waals surface area contributed by atoms with Crippen molar-refractivity contribution < 1.29 is 9.90 Å². The lowest BCUT2D eigenvalue weighted by atomic mass is 9.52. The zero-order chi connectivity index (χ0) is 28.0. The van der Waals surface area contributed by atoms with Crippen LogP contribution in [0.4, 0.5) is 0 Å². The van der Waals surface area contributed by atoms with Crippen molar-refractivity contribution in [2.24, 2.45) is 29.1 Å². The minimum absolute atomic E-state index is 0.181. The zero-order valence-corrected chi connectivity index (χ0v) is 25.0. The molecule has 8 heteroatoms. The number of hydrogen-bond acceptors (Lipinski definition) is 5. The number of benzene rings is 1. The van der Waals surface area contributed by atoms with Crippen LogP contribution in [-0.2, 0) is 17.8 Å². The number of rotatable bonds is 8. The molecule has 6 fully saturated rings. The maximum Gasteiger partial charge on any atom is 0.240 e. The summed E-state index contributed by atoms with van der Waals surface area (Å²) in [5.41, 5.74) is 0.854. The number of halogens is 1. The van der Waals surface area contributed by atoms with E-state index in [0.29, 0.717) is 36.1 Å². The maximum atomic E-state index is 14.4. The first kappa shape index (κ1) is 27.8. The minimum Gasteiger partial charge on any atom is -0.390 e. The highest BCUT2D eigenvalue weighted by Crippen LogP contribution is 2.56. The molecule has 1 aliphatic heterocycles. The summed E-state index contributed by atoms with van der Waals surface area (Å²) < 4.78 is 2.03. The first-order valence-electron chi connectivity index (χ1n) is 16.2. The Morgan fingerprint density at radius 3 is 2.39 bits per heavy atom. The highest BCUT2D eigenvalue weighted by Gasteiger charge is 2.55. The van der Waals surface area contributed by atoms with E-state index in [0.717, 1.165) is 62.3 Å². The molecular weight excluding hydrogens is 534 g/mol. The van der Waals surface area contributed by atoms with Crippen LogP contribution >= 0.6 is 11.6 Å². The van der Waals surface area contributed by atoms with Crippen molar-refractivity contribution in [1.29, 1.82) is 0 Å². The Labute approximate surface area is 249 Å². The van der Waals surface area contributed by atoms with E-state index >= 15 is 0 Å². The number of carbonyl (C=O) groups is 1. The zero-order valence-electron chi connectivity index (χ0n) is 24.3. The molecule has 3 atom stereocenters. The third kappa shape index (κ3) is 5.71. The Hall–Kier alpha value is -1.96. The van der Waals surface area contributed by atoms with Crippen molar-refractivity contribution in [1.82, 2.24) is 25.0 Å². The van der Waals surface area contributed by atoms with Crippen LogP contribution in [0.1, 0.15) is 82.6 Å². The molecule has 5 saturated carbocycles. The fourth-order valence-electron chi connectivity index (χ4n) is 10.00. The number of amides is 1. The Balaban J connectivity index is 1.09. The van der Waals surface area contributed by atoms with Gasteiger partial charge in [-0.05, 0) is 111 Å². The van der Waals surface area contributed by atoms with Crippen molar-refractivity contribution in [3.05, 3.63) is 47.5 Å². The first-order chi connectivity index (χ1) is 19.9. The quantitative estimate of drug-likeness (QED) is 0.446. The number of hydrogen-bond donors (Lipinski definition) is 2. The highest BCUT2D eigenvalue weighted by molar-refractivity contribution is 6.30. The smallest absolute Gasteiger partial charge is 0.240 e. The average molecular weight is 580 g/mol. The van der Waals surface area contributed by atoms with Crippen LogP contribution in [0.3, 0.4) is 0 Å². The van der Waals surface area contributed by atoms with Gasteiger partial charge in [-0.1, -0.05) is 43.0 Å². The molecule has 5 aliphatic carbocycles. The van der Waals surface area contributed by atoms with Gasteiger partial charge in [0.2, 0.25) is 5.91 Å². The third-order valence-electron chi connectivity index (χ3n) is 11.8. The third-order valence-corrected chi connectivity index (χ3v) is 12.0. The molecule has 2 N–H and O–H groups in total. The predicted octanol–water partition coefficient (Wildman–Crippen LogP) is 5.26. The van der Waals surface area contributed by atoms with Gasteiger partial charge in [0.25, 0.3) is 0 Å². The molecule has 0 spiro atoms. The van der Waals surface area contributed by atoms with Gasteiger partial charge < -0.3 is 15.3 Å². The normalized spacial score (nSPS) is 33.7. The van der Waals surface area contributed by atoms with E-state index in [-0.39, 0.29) is 17.4 Å². The van der Waals surface area contributed by atoms with Gasteiger partial charge in [0.05, 0.1) is 11.6 Å². The van der Waals surface area contributed by atoms with E-state index < -0.39 is 5.60 Å². The van der Waals surface area contributed by atoms with Crippen LogP contribution < -0.4 is 5.32 Å². The number of aliphatic hydroxyl groups is 1. The van der Waals surface area contributed by atoms with Crippen LogP contribution in [0.25, 0.3) is 0 Å². The monoisotopic (exact) mass is 579 g/mol. The van der Waals surface area contributed by atoms with Crippen molar-refractivity contribution in [3.63, 3.8) is 0 Å². The van der Waals surface area contributed by atoms with Crippen LogP contribution in [-0.4, -0.2) is 61.5 Å². The molecule has 1 aromatic heterocycles. The molecule has 0 radical (unpaired) electrons. The summed E-state index contributed by atoms with van der Waals surface area (Å²) in [6.45, 7) is 2.52. The summed E-state index contributed by atoms with van der Waals surface area (Å²) in [5.74, 6) is 2.52. The number of likely N-dealkylation sites (tertiary alicyclic amines) is 1. The van der Waals surface area contributed by atoms with E-state index in [1.54, 1.807) is 6.33 Å². The van der Waals surface area contributed by atoms with E-state index in [1.165, 1.54) is 44.9 Å². The van der Waals surface area contributed by atoms with Gasteiger partial charge in [-0.25, -0.2) is 4.98 Å². The topological polar surface area (TPSA) is 83.3 Å². The largest absolute Gasteiger partial charge is 0.390 e. The summed E-state index contributed by atoms with van der Waals surface area (Å²) in [5, 5.41) is 20.3. The Morgan fingerprint density at radius 2 is 1.76 bits per heavy atom. The van der Waals surface area contributed by atoms with Crippen LogP contribution in [0.15, 0.2) is 36.9 Å². The lowest BCUT2D eigenvalue weighted by Gasteiger charge is -2.58. The fraction of sp³-hybridized carbons (Fsp3) is 0.727. The Morgan fingerprint density at radius 1 is 1.05 bits per heavy atom. The van der Waals surface area contributed by atoms with E-state index in [9.17, 15) is 9.90 Å². The van der Waals surface area contributed by atoms with Gasteiger partial charge in [0, 0.05) is 30.7 Å². The molecule has 1 aromatic carbocycles. The van der Waals surface area contributed by atoms with Gasteiger partial charge >= 0.3 is 0 Å². The molecule has 4 bridgehead atoms. The van der Waals surface area contributed by atoms with Crippen molar-refractivity contribution in [2.45, 2.75) is 108 Å². The van der Waals surface area contributed by atoms with Crippen LogP contribution in [0.5, 0.6) is 0 Å². The number of nitrogens with zero attached hydrogens (tertiary/aromatic N) is 4. The second-order valence-electron chi connectivity index (χ2n) is 14.4. The van der Waals surface area contributed by atoms with E-state index in [4.69, 9.17) is 11.6 Å². The van der Waals surface area contributed by atoms with Crippen molar-refractivity contribution in [2.75, 3.05) is 13.1 Å². The van der Waals surface area contributed by atoms with Crippen LogP contribution in [0.2, 0.25) is 5.02 Å². The molecule has 1 amide bonds. The molecule has 6 aliphatic rings. The Kier molecular flexibility index (Phi) is 7.66. The van der Waals surface area contributed by atoms with Crippen LogP contribution in [0, 0.1) is 29.1 Å². The maximum absolute atomic E-state index is 14.4. The van der Waals surface area contributed by atoms with E-state index in [1.807, 2.05) is 23.1 Å². The summed E-state index contributed by atoms with van der Waals surface area (Å²) in [6.07, 6.45) is 17.9. The summed E-state index contributed by atoms with van der Waals surface area (Å²) in [4.78, 5) is 20.7. The summed E-state index contributed by atoms with van der Waals surface area (Å²) in [6, 6.07) is 8.04. The number of aromatic nitrogens is 3. The molecular formula is C33H46ClN5O2. The highest BCUT2D eigenvalue weighted by atomic mass is 35.5. The second kappa shape index (κ2) is 11.3. The SMILES string of the molecule is O=C([C@@H](Cc1ccc(Cl)cc1)NC1C2C[C@H]3CC1C[C@@](O)(C2)C3)N1CCC(Cn2cncn2)(C2CCCCC2)CC1. The molecule has 222 valence electrons. The fourth-order valence-corrected chi connectivity index (χ4v) is 10.1. The Bertz CT molecular complexity index is 1170. The second-order valence-corrected chi connectivity index (χ2v) is 14.8. The predicted molar refractivity (Wildman–Crippen MR) is 159 cm³/mol. The van der Waals surface area contributed by atoms with Crippen molar-refractivity contribution >= 4 is 17.5 Å². The lowest BCUT2D eigenvalue weighted by molar-refractivity contribution is -0.146. The summed E-state index contributed by atoms with van der Waals surface area (Å²) in [7, 11) is 0. The van der Waals surface area contributed by atoms with Gasteiger partial charge in [0.1, 0.15) is 12.7 Å². The van der Waals surface area contributed by atoms with Gasteiger partial charge in [0.15, 0.2) is 0 Å². The molecule has 41 heavy (non-hydrogen) atoms. The lowest BCUT2D eigenvalue weighted by Crippen LogP contribution is -2.64. The van der Waals surface area contributed by atoms with Crippen molar-refractivity contribution in [3.8, 4) is 0 Å². The first-order valence-corrected chi connectivity index (χ1v) is 16.6. The number of nitrogens with one attached hydrogen (secondary N) is 1. The number of piperidine rings is 1. The molecule has 2 unspecified atom stereocenters. The average Bonchev–Trinajstić information content (AvgIpc) is 3.48. The summed E-state index contributed by atoms with van der Waals surface area (Å²) >= 11 is 6.20. The van der Waals surface area contributed by atoms with E-state index in [2.05, 4.69) is 32.4 Å². The molecule has 8 rings (SSSR count). The number of carbonyl (C=O) groups excluding carboxylic acids is 1. The van der Waals surface area contributed by atoms with Gasteiger partial charge in [-0.15, -0.1) is 0 Å². The minimum atomic E-state index is -0.468. The van der Waals surface area contributed by atoms with Gasteiger partial charge in [-0.3, -0.25) is 9.48 Å². The van der Waals surface area contributed by atoms with Gasteiger partial charge in [-0.2, -0.15) is 5.10 Å². The molecule has 7 nitrogen and oxygen atoms in total. The molecule has 1 saturated heterocycles. The standard InChI is InChI=1S/C33H46ClN5O2/c34-28-8-6-23(7-9-28)16-29(37-30-25-14-24-15-26(30)19-33(41,17-24)18-25)31(40)38-12-10-32(11-13-38,20-39-22-35-21-36-39)27-4-2-1-3-5-27/h6-9,21-22,24-27,29-30,37,41H,1-5,10-20H2/t24-,25?,26?,29-,30?,33-/m1/s1. The molecule has 2 aromatic rings. The molecule has 2 heterocycles.